The van der Waals surface area contributed by atoms with Crippen molar-refractivity contribution in [3.8, 4) is 0 Å². The first-order chi connectivity index (χ1) is 26.3. The Morgan fingerprint density at radius 1 is 0.444 bits per heavy atom. The van der Waals surface area contributed by atoms with Crippen molar-refractivity contribution in [3.63, 3.8) is 0 Å². The molecule has 2 unspecified atom stereocenters. The average molecular weight is 719 g/mol. The molecule has 0 spiro atoms. The van der Waals surface area contributed by atoms with Crippen LogP contribution in [0.2, 0.25) is 0 Å². The third-order valence-corrected chi connectivity index (χ3v) is 11.1. The van der Waals surface area contributed by atoms with Crippen molar-refractivity contribution in [3.05, 3.63) is 168 Å². The number of hydrogen-bond acceptors (Lipinski definition) is 6. The summed E-state index contributed by atoms with van der Waals surface area (Å²) in [6.45, 7) is 0. The quantitative estimate of drug-likeness (QED) is 0.0689. The Hall–Kier alpha value is -5.88. The zero-order valence-corrected chi connectivity index (χ0v) is 31.0. The Morgan fingerprint density at radius 3 is 1.17 bits per heavy atom. The third-order valence-electron chi connectivity index (χ3n) is 11.1. The maximum atomic E-state index is 13.8. The number of benzene rings is 6. The van der Waals surface area contributed by atoms with Crippen LogP contribution in [0.15, 0.2) is 146 Å². The molecular formula is C48H46O6. The number of carbonyl (C=O) groups excluding carboxylic acids is 4. The van der Waals surface area contributed by atoms with Crippen LogP contribution in [0.1, 0.15) is 83.2 Å². The molecule has 6 heteroatoms. The molecule has 0 saturated heterocycles. The highest BCUT2D eigenvalue weighted by atomic mass is 16.5. The van der Waals surface area contributed by atoms with Crippen LogP contribution in [0.25, 0.3) is 21.5 Å². The summed E-state index contributed by atoms with van der Waals surface area (Å²) >= 11 is 0. The number of Topliss-reactive ketones (excluding diaryl/α,β-unsaturated/α-hetero) is 2. The summed E-state index contributed by atoms with van der Waals surface area (Å²) in [5.41, 5.74) is 0.884. The molecule has 0 amide bonds. The highest BCUT2D eigenvalue weighted by molar-refractivity contribution is 6.00. The Labute approximate surface area is 317 Å². The molecule has 6 aromatic carbocycles. The molecule has 0 heterocycles. The van der Waals surface area contributed by atoms with E-state index in [4.69, 9.17) is 9.47 Å². The molecule has 0 aliphatic heterocycles. The van der Waals surface area contributed by atoms with Gasteiger partial charge in [0.25, 0.3) is 0 Å². The van der Waals surface area contributed by atoms with Gasteiger partial charge in [0.15, 0.2) is 11.6 Å². The summed E-state index contributed by atoms with van der Waals surface area (Å²) in [6, 6.07) is 46.9. The Kier molecular flexibility index (Phi) is 12.1. The van der Waals surface area contributed by atoms with Crippen molar-refractivity contribution < 1.29 is 28.7 Å². The lowest BCUT2D eigenvalue weighted by Gasteiger charge is -2.52. The van der Waals surface area contributed by atoms with Gasteiger partial charge >= 0.3 is 11.9 Å². The van der Waals surface area contributed by atoms with E-state index >= 15 is 0 Å². The summed E-state index contributed by atoms with van der Waals surface area (Å²) in [5.74, 6) is -0.866. The van der Waals surface area contributed by atoms with Crippen molar-refractivity contribution in [2.45, 2.75) is 62.2 Å². The Morgan fingerprint density at radius 2 is 0.796 bits per heavy atom. The van der Waals surface area contributed by atoms with Crippen LogP contribution in [0.5, 0.6) is 0 Å². The first-order valence-electron chi connectivity index (χ1n) is 18.6. The average Bonchev–Trinajstić information content (AvgIpc) is 3.22. The van der Waals surface area contributed by atoms with E-state index in [0.717, 1.165) is 32.7 Å². The predicted molar refractivity (Wildman–Crippen MR) is 214 cm³/mol. The summed E-state index contributed by atoms with van der Waals surface area (Å²) in [4.78, 5) is 55.0. The molecule has 0 aromatic heterocycles. The fraction of sp³-hybridized carbons (Fsp3) is 0.250. The molecule has 274 valence electrons. The van der Waals surface area contributed by atoms with Crippen molar-refractivity contribution in [2.24, 2.45) is 0 Å². The number of hydrogen-bond donors (Lipinski definition) is 0. The van der Waals surface area contributed by atoms with Gasteiger partial charge < -0.3 is 9.47 Å². The van der Waals surface area contributed by atoms with Crippen LogP contribution in [0, 0.1) is 0 Å². The number of carbonyl (C=O) groups is 4. The van der Waals surface area contributed by atoms with Crippen LogP contribution in [0.3, 0.4) is 0 Å². The number of ether oxygens (including phenoxy) is 2. The van der Waals surface area contributed by atoms with E-state index in [1.54, 1.807) is 0 Å². The number of fused-ring (bicyclic) bond motifs is 2. The molecule has 6 rings (SSSR count). The lowest BCUT2D eigenvalue weighted by Crippen LogP contribution is -2.52. The lowest BCUT2D eigenvalue weighted by molar-refractivity contribution is -0.147. The smallest absolute Gasteiger partial charge is 0.306 e. The highest BCUT2D eigenvalue weighted by Gasteiger charge is 2.55. The van der Waals surface area contributed by atoms with E-state index < -0.39 is 22.8 Å². The molecule has 0 N–H and O–H groups in total. The van der Waals surface area contributed by atoms with Crippen LogP contribution in [-0.4, -0.2) is 37.7 Å². The minimum Gasteiger partial charge on any atom is -0.469 e. The van der Waals surface area contributed by atoms with Crippen LogP contribution in [-0.2, 0) is 29.9 Å². The molecule has 0 aliphatic carbocycles. The van der Waals surface area contributed by atoms with Gasteiger partial charge in [0.05, 0.1) is 27.1 Å². The first-order valence-corrected chi connectivity index (χ1v) is 18.6. The maximum Gasteiger partial charge on any atom is 0.306 e. The van der Waals surface area contributed by atoms with Gasteiger partial charge in [0, 0.05) is 34.8 Å². The van der Waals surface area contributed by atoms with Gasteiger partial charge in [-0.05, 0) is 70.5 Å². The number of esters is 2. The van der Waals surface area contributed by atoms with E-state index in [-0.39, 0.29) is 37.2 Å². The molecule has 2 atom stereocenters. The fourth-order valence-corrected chi connectivity index (χ4v) is 8.31. The normalized spacial score (nSPS) is 13.4. The highest BCUT2D eigenvalue weighted by Crippen LogP contribution is 2.55. The van der Waals surface area contributed by atoms with Gasteiger partial charge in [-0.15, -0.1) is 0 Å². The van der Waals surface area contributed by atoms with E-state index in [9.17, 15) is 19.2 Å². The van der Waals surface area contributed by atoms with Crippen LogP contribution >= 0.6 is 0 Å². The summed E-state index contributed by atoms with van der Waals surface area (Å²) in [5, 5.41) is 4.11. The minimum absolute atomic E-state index is 0.0000403. The van der Waals surface area contributed by atoms with Crippen molar-refractivity contribution in [2.75, 3.05) is 14.2 Å². The van der Waals surface area contributed by atoms with Gasteiger partial charge in [0.2, 0.25) is 0 Å². The topological polar surface area (TPSA) is 86.7 Å². The molecule has 0 saturated carbocycles. The molecule has 6 aromatic rings. The molecule has 54 heavy (non-hydrogen) atoms. The molecular weight excluding hydrogens is 673 g/mol. The van der Waals surface area contributed by atoms with Gasteiger partial charge in [-0.25, -0.2) is 0 Å². The summed E-state index contributed by atoms with van der Waals surface area (Å²) < 4.78 is 10.8. The van der Waals surface area contributed by atoms with Crippen LogP contribution in [0.4, 0.5) is 0 Å². The molecule has 0 radical (unpaired) electrons. The van der Waals surface area contributed by atoms with Crippen molar-refractivity contribution in [1.82, 2.24) is 0 Å². The van der Waals surface area contributed by atoms with E-state index in [1.165, 1.54) is 14.2 Å². The van der Waals surface area contributed by atoms with Gasteiger partial charge in [0.1, 0.15) is 0 Å². The van der Waals surface area contributed by atoms with E-state index in [2.05, 4.69) is 0 Å². The second-order valence-corrected chi connectivity index (χ2v) is 14.1. The summed E-state index contributed by atoms with van der Waals surface area (Å²) in [7, 11) is 2.74. The zero-order chi connectivity index (χ0) is 38.0. The van der Waals surface area contributed by atoms with Crippen molar-refractivity contribution in [1.29, 1.82) is 0 Å². The first kappa shape index (κ1) is 37.9. The third kappa shape index (κ3) is 8.18. The SMILES string of the molecule is COC(=O)CC(CCCC(=O)c1ccc2ccccc2c1)(c1ccccc1)C(CCCC(=O)c1ccc2ccccc2c1)(CC(=O)OC)c1ccccc1. The second-order valence-electron chi connectivity index (χ2n) is 14.1. The minimum atomic E-state index is -1.04. The predicted octanol–water partition coefficient (Wildman–Crippen LogP) is 10.4. The van der Waals surface area contributed by atoms with Crippen molar-refractivity contribution >= 4 is 45.0 Å². The largest absolute Gasteiger partial charge is 0.469 e. The fourth-order valence-electron chi connectivity index (χ4n) is 8.31. The second kappa shape index (κ2) is 17.3. The maximum absolute atomic E-state index is 13.8. The Balaban J connectivity index is 1.41. The van der Waals surface area contributed by atoms with Gasteiger partial charge in [-0.1, -0.05) is 133 Å². The number of rotatable bonds is 17. The molecule has 0 aliphatic rings. The Bertz CT molecular complexity index is 2080. The standard InChI is InChI=1S/C48H46O6/c1-53-45(51)33-47(41-19-5-3-6-20-41,29-13-23-43(49)39-27-25-35-15-9-11-17-37(35)31-39)48(34-46(52)54-2,42-21-7-4-8-22-42)30-14-24-44(50)40-28-26-36-16-10-12-18-38(36)32-40/h3-12,15-22,25-28,31-32H,13-14,23-24,29-30,33-34H2,1-2H3. The number of ketones is 2. The van der Waals surface area contributed by atoms with E-state index in [0.29, 0.717) is 36.8 Å². The van der Waals surface area contributed by atoms with Gasteiger partial charge in [-0.2, -0.15) is 0 Å². The summed E-state index contributed by atoms with van der Waals surface area (Å²) in [6.07, 6.45) is 2.00. The van der Waals surface area contributed by atoms with E-state index in [1.807, 2.05) is 146 Å². The van der Waals surface area contributed by atoms with Gasteiger partial charge in [-0.3, -0.25) is 19.2 Å². The van der Waals surface area contributed by atoms with Crippen LogP contribution < -0.4 is 0 Å². The molecule has 0 fully saturated rings. The number of methoxy groups -OCH3 is 2. The molecule has 6 nitrogen and oxygen atoms in total. The monoisotopic (exact) mass is 718 g/mol. The zero-order valence-electron chi connectivity index (χ0n) is 31.0. The molecule has 0 bridgehead atoms. The lowest BCUT2D eigenvalue weighted by atomic mass is 9.50.